The molecule has 2 bridgehead atoms. The molecule has 1 N–H and O–H groups in total. The van der Waals surface area contributed by atoms with E-state index >= 15 is 0 Å². The van der Waals surface area contributed by atoms with Crippen LogP contribution >= 0.6 is 11.3 Å². The fourth-order valence-electron chi connectivity index (χ4n) is 6.74. The molecule has 3 aliphatic carbocycles. The molecule has 3 aromatic carbocycles. The first-order valence-electron chi connectivity index (χ1n) is 13.3. The van der Waals surface area contributed by atoms with Gasteiger partial charge in [0.05, 0.1) is 11.1 Å². The van der Waals surface area contributed by atoms with Crippen molar-refractivity contribution >= 4 is 22.4 Å². The maximum absolute atomic E-state index is 14.1. The van der Waals surface area contributed by atoms with E-state index < -0.39 is 11.0 Å². The molecule has 0 radical (unpaired) electrons. The molecule has 1 amide bonds. The molecule has 1 atom stereocenters. The van der Waals surface area contributed by atoms with Crippen molar-refractivity contribution in [3.8, 4) is 11.1 Å². The Bertz CT molecular complexity index is 1760. The standard InChI is InChI=1S/C34H26N4OS/c1-33(21-34(35-2)28-12-5-3-10-26(28)30(33)27-11-4-6-13-29(27)34)31(39)38-32-37-25(20-40-32)19-22-8-7-9-24(18-22)23-14-16-36-17-15-23/h3-18,20,30H,19,21H2,1H3,(H,37,38,39). The molecule has 1 unspecified atom stereocenters. The van der Waals surface area contributed by atoms with Gasteiger partial charge in [0.2, 0.25) is 5.91 Å². The molecule has 8 rings (SSSR count). The monoisotopic (exact) mass is 538 g/mol. The zero-order chi connectivity index (χ0) is 27.3. The average Bonchev–Trinajstić information content (AvgIpc) is 3.44. The molecule has 0 spiro atoms. The maximum atomic E-state index is 14.1. The van der Waals surface area contributed by atoms with Crippen LogP contribution in [0.5, 0.6) is 0 Å². The van der Waals surface area contributed by atoms with E-state index in [1.165, 1.54) is 11.3 Å². The lowest BCUT2D eigenvalue weighted by Gasteiger charge is -2.51. The number of hydrogen-bond acceptors (Lipinski definition) is 4. The number of aromatic nitrogens is 2. The van der Waals surface area contributed by atoms with Gasteiger partial charge in [-0.15, -0.1) is 11.3 Å². The summed E-state index contributed by atoms with van der Waals surface area (Å²) in [6, 6.07) is 28.7. The number of carbonyl (C=O) groups is 1. The van der Waals surface area contributed by atoms with Crippen molar-refractivity contribution in [3.63, 3.8) is 0 Å². The number of carbonyl (C=O) groups excluding carboxylic acids is 1. The Hall–Kier alpha value is -4.60. The van der Waals surface area contributed by atoms with Crippen LogP contribution in [0.15, 0.2) is 103 Å². The first-order valence-corrected chi connectivity index (χ1v) is 14.2. The van der Waals surface area contributed by atoms with Gasteiger partial charge in [0.1, 0.15) is 0 Å². The molecular formula is C34H26N4OS. The molecule has 0 saturated heterocycles. The van der Waals surface area contributed by atoms with Gasteiger partial charge in [-0.3, -0.25) is 14.6 Å². The van der Waals surface area contributed by atoms with Crippen molar-refractivity contribution in [2.75, 3.05) is 5.32 Å². The third-order valence-corrected chi connectivity index (χ3v) is 9.31. The summed E-state index contributed by atoms with van der Waals surface area (Å²) >= 11 is 1.44. The largest absolute Gasteiger partial charge is 0.301 e. The summed E-state index contributed by atoms with van der Waals surface area (Å²) in [5.41, 5.74) is 6.88. The number of benzene rings is 3. The number of rotatable bonds is 5. The molecule has 40 heavy (non-hydrogen) atoms. The normalized spacial score (nSPS) is 22.1. The lowest BCUT2D eigenvalue weighted by atomic mass is 9.49. The van der Waals surface area contributed by atoms with Crippen LogP contribution < -0.4 is 5.32 Å². The second-order valence-corrected chi connectivity index (χ2v) is 11.7. The van der Waals surface area contributed by atoms with Gasteiger partial charge < -0.3 is 5.32 Å². The molecule has 0 fully saturated rings. The lowest BCUT2D eigenvalue weighted by Crippen LogP contribution is -2.53. The second kappa shape index (κ2) is 9.25. The lowest BCUT2D eigenvalue weighted by molar-refractivity contribution is -0.127. The Morgan fingerprint density at radius 2 is 1.68 bits per heavy atom. The van der Waals surface area contributed by atoms with E-state index in [1.54, 1.807) is 12.4 Å². The van der Waals surface area contributed by atoms with Crippen molar-refractivity contribution in [3.05, 3.63) is 148 Å². The molecular weight excluding hydrogens is 512 g/mol. The molecule has 6 heteroatoms. The number of thiazole rings is 1. The smallest absolute Gasteiger partial charge is 0.284 e. The quantitative estimate of drug-likeness (QED) is 0.236. The maximum Gasteiger partial charge on any atom is 0.284 e. The van der Waals surface area contributed by atoms with Crippen LogP contribution in [-0.2, 0) is 16.8 Å². The van der Waals surface area contributed by atoms with Gasteiger partial charge in [0, 0.05) is 47.7 Å². The zero-order valence-electron chi connectivity index (χ0n) is 22.0. The van der Waals surface area contributed by atoms with E-state index in [9.17, 15) is 4.79 Å². The topological polar surface area (TPSA) is 59.2 Å². The van der Waals surface area contributed by atoms with E-state index in [4.69, 9.17) is 11.6 Å². The molecule has 194 valence electrons. The van der Waals surface area contributed by atoms with E-state index in [0.29, 0.717) is 18.0 Å². The number of nitrogens with one attached hydrogen (secondary N) is 1. The molecule has 5 aromatic rings. The summed E-state index contributed by atoms with van der Waals surface area (Å²) in [6.07, 6.45) is 4.71. The molecule has 0 aliphatic heterocycles. The Kier molecular flexibility index (Phi) is 5.65. The Balaban J connectivity index is 1.17. The van der Waals surface area contributed by atoms with E-state index in [2.05, 4.69) is 63.7 Å². The predicted octanol–water partition coefficient (Wildman–Crippen LogP) is 7.45. The average molecular weight is 539 g/mol. The SMILES string of the molecule is [C-]#[N+]C12CC(C)(C(=O)Nc3nc(Cc4cccc(-c5ccncc5)c4)cs3)C(c3ccccc31)c1ccccc12. The van der Waals surface area contributed by atoms with Crippen LogP contribution in [-0.4, -0.2) is 15.9 Å². The molecule has 2 heterocycles. The fraction of sp³-hybridized carbons (Fsp3) is 0.176. The van der Waals surface area contributed by atoms with Crippen molar-refractivity contribution in [2.45, 2.75) is 31.2 Å². The van der Waals surface area contributed by atoms with Gasteiger partial charge in [-0.05, 0) is 46.9 Å². The number of anilines is 1. The van der Waals surface area contributed by atoms with Crippen LogP contribution in [0, 0.1) is 12.0 Å². The van der Waals surface area contributed by atoms with Gasteiger partial charge in [-0.2, -0.15) is 0 Å². The summed E-state index contributed by atoms with van der Waals surface area (Å²) < 4.78 is 0. The van der Waals surface area contributed by atoms with Crippen LogP contribution in [0.2, 0.25) is 0 Å². The van der Waals surface area contributed by atoms with Crippen molar-refractivity contribution in [1.82, 2.24) is 9.97 Å². The van der Waals surface area contributed by atoms with E-state index in [-0.39, 0.29) is 11.8 Å². The highest BCUT2D eigenvalue weighted by Crippen LogP contribution is 2.64. The summed E-state index contributed by atoms with van der Waals surface area (Å²) in [4.78, 5) is 27.2. The number of hydrogen-bond donors (Lipinski definition) is 1. The molecule has 3 aliphatic rings. The van der Waals surface area contributed by atoms with Gasteiger partial charge >= 0.3 is 0 Å². The highest BCUT2D eigenvalue weighted by molar-refractivity contribution is 7.13. The summed E-state index contributed by atoms with van der Waals surface area (Å²) in [5, 5.41) is 5.74. The minimum atomic E-state index is -0.873. The number of pyridine rings is 1. The van der Waals surface area contributed by atoms with Gasteiger partial charge in [0.25, 0.3) is 5.54 Å². The molecule has 2 aromatic heterocycles. The number of fused-ring (bicyclic) bond motifs is 1. The van der Waals surface area contributed by atoms with Gasteiger partial charge in [-0.25, -0.2) is 11.6 Å². The van der Waals surface area contributed by atoms with Crippen LogP contribution in [0.3, 0.4) is 0 Å². The highest BCUT2D eigenvalue weighted by atomic mass is 32.1. The zero-order valence-corrected chi connectivity index (χ0v) is 22.8. The van der Waals surface area contributed by atoms with Crippen LogP contribution in [0.25, 0.3) is 16.0 Å². The van der Waals surface area contributed by atoms with Crippen molar-refractivity contribution in [1.29, 1.82) is 0 Å². The van der Waals surface area contributed by atoms with E-state index in [1.807, 2.05) is 48.7 Å². The first-order chi connectivity index (χ1) is 19.5. The number of amides is 1. The minimum absolute atomic E-state index is 0.0879. The third kappa shape index (κ3) is 3.70. The van der Waals surface area contributed by atoms with E-state index in [0.717, 1.165) is 44.6 Å². The summed E-state index contributed by atoms with van der Waals surface area (Å²) in [6.45, 7) is 10.3. The highest BCUT2D eigenvalue weighted by Gasteiger charge is 2.64. The Labute approximate surface area is 237 Å². The Morgan fingerprint density at radius 1 is 0.975 bits per heavy atom. The third-order valence-electron chi connectivity index (χ3n) is 8.50. The van der Waals surface area contributed by atoms with Gasteiger partial charge in [-0.1, -0.05) is 72.8 Å². The minimum Gasteiger partial charge on any atom is -0.301 e. The van der Waals surface area contributed by atoms with Crippen molar-refractivity contribution in [2.24, 2.45) is 5.41 Å². The Morgan fingerprint density at radius 3 is 2.38 bits per heavy atom. The van der Waals surface area contributed by atoms with Crippen LogP contribution in [0.4, 0.5) is 5.13 Å². The number of nitrogens with zero attached hydrogens (tertiary/aromatic N) is 3. The van der Waals surface area contributed by atoms with Crippen molar-refractivity contribution < 1.29 is 4.79 Å². The summed E-state index contributed by atoms with van der Waals surface area (Å²) in [5.74, 6) is -0.214. The first kappa shape index (κ1) is 24.4. The predicted molar refractivity (Wildman–Crippen MR) is 158 cm³/mol. The second-order valence-electron chi connectivity index (χ2n) is 10.9. The molecule has 0 saturated carbocycles. The van der Waals surface area contributed by atoms with Gasteiger partial charge in [0.15, 0.2) is 5.13 Å². The van der Waals surface area contributed by atoms with Crippen LogP contribution in [0.1, 0.15) is 52.8 Å². The fourth-order valence-corrected chi connectivity index (χ4v) is 7.45. The summed E-state index contributed by atoms with van der Waals surface area (Å²) in [7, 11) is 0. The molecule has 5 nitrogen and oxygen atoms in total.